The summed E-state index contributed by atoms with van der Waals surface area (Å²) in [5.41, 5.74) is 6.12. The van der Waals surface area contributed by atoms with Crippen LogP contribution in [0.25, 0.3) is 0 Å². The molecular formula is C14H20N2O3. The van der Waals surface area contributed by atoms with E-state index in [2.05, 4.69) is 0 Å². The van der Waals surface area contributed by atoms with Gasteiger partial charge in [-0.2, -0.15) is 0 Å². The average Bonchev–Trinajstić information content (AvgIpc) is 2.46. The van der Waals surface area contributed by atoms with E-state index in [1.807, 2.05) is 19.1 Å². The second kappa shape index (κ2) is 6.43. The first-order valence-electron chi connectivity index (χ1n) is 6.66. The Bertz CT molecular complexity index is 442. The maximum Gasteiger partial charge on any atom is 0.257 e. The van der Waals surface area contributed by atoms with Crippen LogP contribution in [0.2, 0.25) is 0 Å². The normalized spacial score (nSPS) is 13.2. The molecule has 0 unspecified atom stereocenters. The summed E-state index contributed by atoms with van der Waals surface area (Å²) >= 11 is 0. The van der Waals surface area contributed by atoms with Gasteiger partial charge in [0.05, 0.1) is 5.56 Å². The van der Waals surface area contributed by atoms with Gasteiger partial charge in [-0.1, -0.05) is 13.0 Å². The van der Waals surface area contributed by atoms with Crippen LogP contribution in [-0.2, 0) is 0 Å². The summed E-state index contributed by atoms with van der Waals surface area (Å²) in [4.78, 5) is 14.3. The molecule has 2 N–H and O–H groups in total. The molecule has 1 heterocycles. The minimum atomic E-state index is -0.0466. The molecular weight excluding hydrogens is 244 g/mol. The van der Waals surface area contributed by atoms with Crippen molar-refractivity contribution in [1.82, 2.24) is 4.90 Å². The lowest BCUT2D eigenvalue weighted by atomic mass is 10.1. The van der Waals surface area contributed by atoms with Crippen molar-refractivity contribution in [3.63, 3.8) is 0 Å². The number of benzene rings is 1. The maximum absolute atomic E-state index is 12.5. The summed E-state index contributed by atoms with van der Waals surface area (Å²) in [5.74, 6) is 1.15. The number of carbonyl (C=O) groups excluding carboxylic acids is 1. The Hall–Kier alpha value is -1.75. The fourth-order valence-electron chi connectivity index (χ4n) is 2.15. The Morgan fingerprint density at radius 3 is 2.84 bits per heavy atom. The second-order valence-electron chi connectivity index (χ2n) is 4.41. The number of fused-ring (bicyclic) bond motifs is 1. The lowest BCUT2D eigenvalue weighted by Crippen LogP contribution is -2.36. The Kier molecular flexibility index (Phi) is 4.63. The molecule has 0 fully saturated rings. The predicted octanol–water partition coefficient (Wildman–Crippen LogP) is 1.27. The standard InChI is InChI=1S/C14H20N2O3/c1-2-7-16(8-6-15)14(17)11-4-3-5-12-13(11)19-10-9-18-12/h3-5H,2,6-10,15H2,1H3. The largest absolute Gasteiger partial charge is 0.486 e. The molecule has 0 atom stereocenters. The fraction of sp³-hybridized carbons (Fsp3) is 0.500. The fourth-order valence-corrected chi connectivity index (χ4v) is 2.15. The highest BCUT2D eigenvalue weighted by Crippen LogP contribution is 2.34. The maximum atomic E-state index is 12.5. The zero-order valence-corrected chi connectivity index (χ0v) is 11.2. The summed E-state index contributed by atoms with van der Waals surface area (Å²) < 4.78 is 11.1. The molecule has 2 rings (SSSR count). The van der Waals surface area contributed by atoms with Crippen LogP contribution >= 0.6 is 0 Å². The summed E-state index contributed by atoms with van der Waals surface area (Å²) in [6.45, 7) is 4.74. The molecule has 0 aliphatic carbocycles. The highest BCUT2D eigenvalue weighted by Gasteiger charge is 2.23. The van der Waals surface area contributed by atoms with E-state index in [4.69, 9.17) is 15.2 Å². The summed E-state index contributed by atoms with van der Waals surface area (Å²) in [6, 6.07) is 5.40. The smallest absolute Gasteiger partial charge is 0.257 e. The van der Waals surface area contributed by atoms with E-state index in [-0.39, 0.29) is 5.91 Å². The summed E-state index contributed by atoms with van der Waals surface area (Å²) in [7, 11) is 0. The monoisotopic (exact) mass is 264 g/mol. The minimum absolute atomic E-state index is 0.0466. The second-order valence-corrected chi connectivity index (χ2v) is 4.41. The third kappa shape index (κ3) is 2.98. The Morgan fingerprint density at radius 1 is 1.32 bits per heavy atom. The molecule has 0 spiro atoms. The number of para-hydroxylation sites is 1. The number of nitrogens with zero attached hydrogens (tertiary/aromatic N) is 1. The van der Waals surface area contributed by atoms with Crippen LogP contribution in [0.3, 0.4) is 0 Å². The molecule has 5 heteroatoms. The van der Waals surface area contributed by atoms with Crippen molar-refractivity contribution in [2.75, 3.05) is 32.8 Å². The van der Waals surface area contributed by atoms with E-state index in [0.29, 0.717) is 49.9 Å². The molecule has 5 nitrogen and oxygen atoms in total. The first-order valence-corrected chi connectivity index (χ1v) is 6.66. The molecule has 1 aromatic rings. The van der Waals surface area contributed by atoms with Crippen LogP contribution in [0.1, 0.15) is 23.7 Å². The number of hydrogen-bond donors (Lipinski definition) is 1. The van der Waals surface area contributed by atoms with Gasteiger partial charge in [-0.25, -0.2) is 0 Å². The lowest BCUT2D eigenvalue weighted by Gasteiger charge is -2.25. The Balaban J connectivity index is 2.27. The van der Waals surface area contributed by atoms with Crippen LogP contribution < -0.4 is 15.2 Å². The van der Waals surface area contributed by atoms with Gasteiger partial charge in [-0.15, -0.1) is 0 Å². The van der Waals surface area contributed by atoms with E-state index >= 15 is 0 Å². The van der Waals surface area contributed by atoms with Crippen molar-refractivity contribution in [1.29, 1.82) is 0 Å². The van der Waals surface area contributed by atoms with Gasteiger partial charge in [0.25, 0.3) is 5.91 Å². The minimum Gasteiger partial charge on any atom is -0.486 e. The molecule has 1 aromatic carbocycles. The van der Waals surface area contributed by atoms with E-state index in [0.717, 1.165) is 6.42 Å². The highest BCUT2D eigenvalue weighted by molar-refractivity contribution is 5.97. The van der Waals surface area contributed by atoms with Crippen LogP contribution in [0.15, 0.2) is 18.2 Å². The SMILES string of the molecule is CCCN(CCN)C(=O)c1cccc2c1OCCO2. The van der Waals surface area contributed by atoms with E-state index in [1.165, 1.54) is 0 Å². The average molecular weight is 264 g/mol. The summed E-state index contributed by atoms with van der Waals surface area (Å²) in [5, 5.41) is 0. The molecule has 0 saturated carbocycles. The zero-order valence-electron chi connectivity index (χ0n) is 11.2. The van der Waals surface area contributed by atoms with Gasteiger partial charge in [0.2, 0.25) is 0 Å². The van der Waals surface area contributed by atoms with Gasteiger partial charge in [0, 0.05) is 19.6 Å². The van der Waals surface area contributed by atoms with E-state index < -0.39 is 0 Å². The predicted molar refractivity (Wildman–Crippen MR) is 72.7 cm³/mol. The van der Waals surface area contributed by atoms with Crippen LogP contribution in [0.5, 0.6) is 11.5 Å². The van der Waals surface area contributed by atoms with E-state index in [1.54, 1.807) is 11.0 Å². The first-order chi connectivity index (χ1) is 9.27. The highest BCUT2D eigenvalue weighted by atomic mass is 16.6. The Labute approximate surface area is 113 Å². The van der Waals surface area contributed by atoms with E-state index in [9.17, 15) is 4.79 Å². The van der Waals surface area contributed by atoms with Crippen molar-refractivity contribution in [2.45, 2.75) is 13.3 Å². The first kappa shape index (κ1) is 13.7. The van der Waals surface area contributed by atoms with Gasteiger partial charge >= 0.3 is 0 Å². The number of carbonyl (C=O) groups is 1. The van der Waals surface area contributed by atoms with Crippen molar-refractivity contribution in [2.24, 2.45) is 5.73 Å². The molecule has 1 amide bonds. The van der Waals surface area contributed by atoms with Gasteiger partial charge in [0.15, 0.2) is 11.5 Å². The van der Waals surface area contributed by atoms with Crippen molar-refractivity contribution < 1.29 is 14.3 Å². The Morgan fingerprint density at radius 2 is 2.11 bits per heavy atom. The number of hydrogen-bond acceptors (Lipinski definition) is 4. The van der Waals surface area contributed by atoms with Crippen LogP contribution in [0.4, 0.5) is 0 Å². The van der Waals surface area contributed by atoms with Gasteiger partial charge in [0.1, 0.15) is 13.2 Å². The third-order valence-corrected chi connectivity index (χ3v) is 2.98. The van der Waals surface area contributed by atoms with Crippen molar-refractivity contribution in [3.05, 3.63) is 23.8 Å². The van der Waals surface area contributed by atoms with Crippen molar-refractivity contribution in [3.8, 4) is 11.5 Å². The number of nitrogens with two attached hydrogens (primary N) is 1. The number of amides is 1. The van der Waals surface area contributed by atoms with Gasteiger partial charge in [-0.05, 0) is 18.6 Å². The van der Waals surface area contributed by atoms with Crippen LogP contribution in [-0.4, -0.2) is 43.7 Å². The van der Waals surface area contributed by atoms with Crippen LogP contribution in [0, 0.1) is 0 Å². The molecule has 1 aliphatic heterocycles. The zero-order chi connectivity index (χ0) is 13.7. The van der Waals surface area contributed by atoms with Crippen molar-refractivity contribution >= 4 is 5.91 Å². The molecule has 0 aromatic heterocycles. The van der Waals surface area contributed by atoms with Gasteiger partial charge < -0.3 is 20.1 Å². The molecule has 0 saturated heterocycles. The number of ether oxygens (including phenoxy) is 2. The topological polar surface area (TPSA) is 64.8 Å². The third-order valence-electron chi connectivity index (χ3n) is 2.98. The molecule has 0 bridgehead atoms. The lowest BCUT2D eigenvalue weighted by molar-refractivity contribution is 0.0750. The number of rotatable bonds is 5. The molecule has 1 aliphatic rings. The van der Waals surface area contributed by atoms with Gasteiger partial charge in [-0.3, -0.25) is 4.79 Å². The summed E-state index contributed by atoms with van der Waals surface area (Å²) in [6.07, 6.45) is 0.901. The molecule has 0 radical (unpaired) electrons. The molecule has 104 valence electrons. The quantitative estimate of drug-likeness (QED) is 0.869. The molecule has 19 heavy (non-hydrogen) atoms.